The van der Waals surface area contributed by atoms with E-state index in [1.54, 1.807) is 37.0 Å². The molecule has 1 amide bonds. The Morgan fingerprint density at radius 1 is 1.11 bits per heavy atom. The van der Waals surface area contributed by atoms with Gasteiger partial charge in [-0.05, 0) is 42.0 Å². The summed E-state index contributed by atoms with van der Waals surface area (Å²) in [7, 11) is 5.00. The molecule has 0 bridgehead atoms. The summed E-state index contributed by atoms with van der Waals surface area (Å²) in [5.41, 5.74) is 2.85. The van der Waals surface area contributed by atoms with E-state index in [2.05, 4.69) is 5.10 Å². The van der Waals surface area contributed by atoms with Crippen LogP contribution in [0.3, 0.4) is 0 Å². The molecule has 0 saturated carbocycles. The van der Waals surface area contributed by atoms with Gasteiger partial charge in [-0.1, -0.05) is 12.1 Å². The molecule has 140 valence electrons. The van der Waals surface area contributed by atoms with Gasteiger partial charge in [0.1, 0.15) is 11.5 Å². The molecular weight excluding hydrogens is 342 g/mol. The van der Waals surface area contributed by atoms with Crippen molar-refractivity contribution < 1.29 is 14.3 Å². The lowest BCUT2D eigenvalue weighted by atomic mass is 10.1. The molecule has 3 rings (SSSR count). The summed E-state index contributed by atoms with van der Waals surface area (Å²) < 4.78 is 12.4. The zero-order chi connectivity index (χ0) is 19.2. The highest BCUT2D eigenvalue weighted by atomic mass is 16.5. The monoisotopic (exact) mass is 365 g/mol. The van der Waals surface area contributed by atoms with Crippen LogP contribution >= 0.6 is 0 Å². The van der Waals surface area contributed by atoms with E-state index in [4.69, 9.17) is 9.47 Å². The van der Waals surface area contributed by atoms with Crippen LogP contribution in [0.25, 0.3) is 5.69 Å². The van der Waals surface area contributed by atoms with E-state index in [9.17, 15) is 4.79 Å². The van der Waals surface area contributed by atoms with Crippen molar-refractivity contribution in [2.24, 2.45) is 0 Å². The quantitative estimate of drug-likeness (QED) is 0.646. The summed E-state index contributed by atoms with van der Waals surface area (Å²) in [6.07, 6.45) is 3.89. The normalized spacial score (nSPS) is 10.5. The molecule has 3 aromatic rings. The predicted molar refractivity (Wildman–Crippen MR) is 103 cm³/mol. The Morgan fingerprint density at radius 2 is 1.89 bits per heavy atom. The summed E-state index contributed by atoms with van der Waals surface area (Å²) in [6.45, 7) is 0.532. The fraction of sp³-hybridized carbons (Fsp3) is 0.238. The molecule has 6 heteroatoms. The van der Waals surface area contributed by atoms with E-state index in [0.29, 0.717) is 18.0 Å². The number of carbonyl (C=O) groups excluding carboxylic acids is 1. The van der Waals surface area contributed by atoms with Crippen molar-refractivity contribution in [1.29, 1.82) is 0 Å². The number of benzene rings is 2. The minimum Gasteiger partial charge on any atom is -0.497 e. The molecule has 27 heavy (non-hydrogen) atoms. The third-order valence-corrected chi connectivity index (χ3v) is 4.38. The van der Waals surface area contributed by atoms with Crippen molar-refractivity contribution in [2.75, 3.05) is 21.3 Å². The molecule has 0 N–H and O–H groups in total. The van der Waals surface area contributed by atoms with Crippen LogP contribution in [0.5, 0.6) is 11.5 Å². The van der Waals surface area contributed by atoms with Gasteiger partial charge in [-0.15, -0.1) is 0 Å². The summed E-state index contributed by atoms with van der Waals surface area (Å²) in [5.74, 6) is 1.40. The number of amides is 1. The fourth-order valence-corrected chi connectivity index (χ4v) is 2.86. The van der Waals surface area contributed by atoms with Crippen LogP contribution in [0.1, 0.15) is 11.1 Å². The molecule has 1 heterocycles. The van der Waals surface area contributed by atoms with Crippen LogP contribution in [0.4, 0.5) is 0 Å². The third kappa shape index (κ3) is 4.47. The predicted octanol–water partition coefficient (Wildman–Crippen LogP) is 3.09. The molecule has 2 aromatic carbocycles. The van der Waals surface area contributed by atoms with Crippen LogP contribution in [-0.2, 0) is 17.8 Å². The van der Waals surface area contributed by atoms with Gasteiger partial charge >= 0.3 is 0 Å². The molecule has 0 spiro atoms. The first-order valence-corrected chi connectivity index (χ1v) is 8.64. The molecule has 0 saturated heterocycles. The summed E-state index contributed by atoms with van der Waals surface area (Å²) >= 11 is 0. The lowest BCUT2D eigenvalue weighted by molar-refractivity contribution is -0.129. The van der Waals surface area contributed by atoms with E-state index in [1.807, 2.05) is 54.7 Å². The molecule has 0 aliphatic carbocycles. The SMILES string of the molecule is COc1ccc(OC)c(CC(=O)N(C)Cc2ccc(-n3cccn3)cc2)c1. The Bertz CT molecular complexity index is 890. The maximum atomic E-state index is 12.7. The number of hydrogen-bond donors (Lipinski definition) is 0. The maximum Gasteiger partial charge on any atom is 0.227 e. The van der Waals surface area contributed by atoms with Gasteiger partial charge in [0.2, 0.25) is 5.91 Å². The van der Waals surface area contributed by atoms with E-state index < -0.39 is 0 Å². The second-order valence-electron chi connectivity index (χ2n) is 6.22. The third-order valence-electron chi connectivity index (χ3n) is 4.38. The number of methoxy groups -OCH3 is 2. The molecule has 0 aliphatic heterocycles. The summed E-state index contributed by atoms with van der Waals surface area (Å²) in [5, 5.41) is 4.21. The van der Waals surface area contributed by atoms with Crippen molar-refractivity contribution in [3.05, 3.63) is 72.1 Å². The van der Waals surface area contributed by atoms with E-state index >= 15 is 0 Å². The van der Waals surface area contributed by atoms with Gasteiger partial charge in [-0.3, -0.25) is 4.79 Å². The van der Waals surface area contributed by atoms with Gasteiger partial charge in [0, 0.05) is 31.5 Å². The first kappa shape index (κ1) is 18.5. The van der Waals surface area contributed by atoms with Gasteiger partial charge in [0.05, 0.1) is 26.3 Å². The molecule has 0 atom stereocenters. The van der Waals surface area contributed by atoms with Gasteiger partial charge in [-0.25, -0.2) is 4.68 Å². The van der Waals surface area contributed by atoms with Gasteiger partial charge in [-0.2, -0.15) is 5.10 Å². The number of hydrogen-bond acceptors (Lipinski definition) is 4. The Hall–Kier alpha value is -3.28. The van der Waals surface area contributed by atoms with Gasteiger partial charge < -0.3 is 14.4 Å². The largest absolute Gasteiger partial charge is 0.497 e. The highest BCUT2D eigenvalue weighted by Gasteiger charge is 2.14. The Morgan fingerprint density at radius 3 is 2.52 bits per heavy atom. The van der Waals surface area contributed by atoms with Crippen LogP contribution in [0.15, 0.2) is 60.9 Å². The molecule has 0 radical (unpaired) electrons. The van der Waals surface area contributed by atoms with Crippen molar-refractivity contribution in [1.82, 2.24) is 14.7 Å². The molecular formula is C21H23N3O3. The Labute approximate surface area is 158 Å². The Balaban J connectivity index is 1.66. The van der Waals surface area contributed by atoms with Crippen molar-refractivity contribution in [3.8, 4) is 17.2 Å². The van der Waals surface area contributed by atoms with E-state index in [-0.39, 0.29) is 12.3 Å². The van der Waals surface area contributed by atoms with Crippen molar-refractivity contribution >= 4 is 5.91 Å². The zero-order valence-corrected chi connectivity index (χ0v) is 15.8. The highest BCUT2D eigenvalue weighted by molar-refractivity contribution is 5.79. The summed E-state index contributed by atoms with van der Waals surface area (Å²) in [4.78, 5) is 14.4. The molecule has 1 aromatic heterocycles. The number of rotatable bonds is 7. The number of ether oxygens (including phenoxy) is 2. The second-order valence-corrected chi connectivity index (χ2v) is 6.22. The first-order valence-electron chi connectivity index (χ1n) is 8.64. The average molecular weight is 365 g/mol. The lowest BCUT2D eigenvalue weighted by Gasteiger charge is -2.19. The fourth-order valence-electron chi connectivity index (χ4n) is 2.86. The lowest BCUT2D eigenvalue weighted by Crippen LogP contribution is -2.27. The van der Waals surface area contributed by atoms with Crippen LogP contribution in [-0.4, -0.2) is 41.9 Å². The maximum absolute atomic E-state index is 12.7. The molecule has 6 nitrogen and oxygen atoms in total. The highest BCUT2D eigenvalue weighted by Crippen LogP contribution is 2.25. The average Bonchev–Trinajstić information content (AvgIpc) is 3.23. The van der Waals surface area contributed by atoms with Crippen molar-refractivity contribution in [3.63, 3.8) is 0 Å². The van der Waals surface area contributed by atoms with Gasteiger partial charge in [0.15, 0.2) is 0 Å². The van der Waals surface area contributed by atoms with Crippen LogP contribution in [0.2, 0.25) is 0 Å². The summed E-state index contributed by atoms with van der Waals surface area (Å²) in [6, 6.07) is 15.3. The van der Waals surface area contributed by atoms with Crippen molar-refractivity contribution in [2.45, 2.75) is 13.0 Å². The number of carbonyl (C=O) groups is 1. The van der Waals surface area contributed by atoms with Crippen LogP contribution < -0.4 is 9.47 Å². The van der Waals surface area contributed by atoms with E-state index in [1.165, 1.54) is 0 Å². The minimum atomic E-state index is 0.0118. The minimum absolute atomic E-state index is 0.0118. The Kier molecular flexibility index (Phi) is 5.76. The zero-order valence-electron chi connectivity index (χ0n) is 15.8. The molecule has 0 unspecified atom stereocenters. The number of aromatic nitrogens is 2. The van der Waals surface area contributed by atoms with Crippen LogP contribution in [0, 0.1) is 0 Å². The number of likely N-dealkylation sites (N-methyl/N-ethyl adjacent to an activating group) is 1. The van der Waals surface area contributed by atoms with E-state index in [0.717, 1.165) is 16.8 Å². The topological polar surface area (TPSA) is 56.6 Å². The first-order chi connectivity index (χ1) is 13.1. The standard InChI is InChI=1S/C21H23N3O3/c1-23(15-16-5-7-18(8-6-16)24-12-4-11-22-24)21(25)14-17-13-19(26-2)9-10-20(17)27-3/h4-13H,14-15H2,1-3H3. The second kappa shape index (κ2) is 8.40. The smallest absolute Gasteiger partial charge is 0.227 e. The number of nitrogens with zero attached hydrogens (tertiary/aromatic N) is 3. The molecule has 0 fully saturated rings. The molecule has 0 aliphatic rings. The van der Waals surface area contributed by atoms with Gasteiger partial charge in [0.25, 0.3) is 0 Å².